The summed E-state index contributed by atoms with van der Waals surface area (Å²) in [6.45, 7) is 8.67. The first-order valence-corrected chi connectivity index (χ1v) is 11.8. The number of ketones is 2. The van der Waals surface area contributed by atoms with E-state index in [1.54, 1.807) is 0 Å². The molecule has 0 aromatic rings. The molecule has 3 fully saturated rings. The minimum Gasteiger partial charge on any atom is -0.481 e. The Kier molecular flexibility index (Phi) is 4.16. The highest BCUT2D eigenvalue weighted by atomic mass is 16.4. The summed E-state index contributed by atoms with van der Waals surface area (Å²) < 4.78 is 0. The molecule has 1 N–H and O–H groups in total. The van der Waals surface area contributed by atoms with Crippen molar-refractivity contribution in [2.24, 2.45) is 51.8 Å². The van der Waals surface area contributed by atoms with Gasteiger partial charge >= 0.3 is 5.97 Å². The van der Waals surface area contributed by atoms with Gasteiger partial charge in [0.05, 0.1) is 5.41 Å². The smallest absolute Gasteiger partial charge is 0.309 e. The van der Waals surface area contributed by atoms with Crippen molar-refractivity contribution in [1.82, 2.24) is 0 Å². The number of carbonyl (C=O) groups is 3. The summed E-state index contributed by atoms with van der Waals surface area (Å²) in [5.74, 6) is 0.00398. The lowest BCUT2D eigenvalue weighted by molar-refractivity contribution is -0.197. The van der Waals surface area contributed by atoms with Crippen molar-refractivity contribution in [3.05, 3.63) is 23.8 Å². The molecule has 6 aliphatic rings. The van der Waals surface area contributed by atoms with E-state index >= 15 is 0 Å². The number of hydrogen-bond acceptors (Lipinski definition) is 3. The standard InChI is InChI=1S/C26H34O4/c1-14(2)16-13-26-11-8-19-24(3,9-5-10-25(19,4)23(29)30)20(26)12-15(16)21-17(27)6-7-18(28)22(21)26/h6-7,13-15,19-22H,5,8-12H2,1-4H3,(H,29,30)/t15-,19-,20+,21-,22+,24+,25-,26+/m1/s1. The van der Waals surface area contributed by atoms with Gasteiger partial charge in [-0.15, -0.1) is 0 Å². The van der Waals surface area contributed by atoms with Gasteiger partial charge in [0, 0.05) is 17.3 Å². The fraction of sp³-hybridized carbons (Fsp3) is 0.731. The van der Waals surface area contributed by atoms with Crippen LogP contribution in [-0.2, 0) is 14.4 Å². The molecule has 2 bridgehead atoms. The first-order valence-electron chi connectivity index (χ1n) is 11.8. The number of carbonyl (C=O) groups excluding carboxylic acids is 2. The predicted molar refractivity (Wildman–Crippen MR) is 114 cm³/mol. The number of rotatable bonds is 2. The molecule has 4 nitrogen and oxygen atoms in total. The predicted octanol–water partition coefficient (Wildman–Crippen LogP) is 4.84. The highest BCUT2D eigenvalue weighted by Crippen LogP contribution is 2.73. The first kappa shape index (κ1) is 20.2. The molecule has 0 unspecified atom stereocenters. The zero-order chi connectivity index (χ0) is 21.6. The van der Waals surface area contributed by atoms with E-state index in [9.17, 15) is 19.5 Å². The topological polar surface area (TPSA) is 71.4 Å². The lowest BCUT2D eigenvalue weighted by Gasteiger charge is -2.69. The van der Waals surface area contributed by atoms with Crippen molar-refractivity contribution in [2.75, 3.05) is 0 Å². The molecule has 0 amide bonds. The molecule has 0 saturated heterocycles. The summed E-state index contributed by atoms with van der Waals surface area (Å²) in [6.07, 6.45) is 10.8. The highest BCUT2D eigenvalue weighted by Gasteiger charge is 2.70. The second kappa shape index (κ2) is 6.17. The van der Waals surface area contributed by atoms with E-state index < -0.39 is 11.4 Å². The molecule has 1 spiro atoms. The van der Waals surface area contributed by atoms with Crippen molar-refractivity contribution in [2.45, 2.75) is 66.2 Å². The van der Waals surface area contributed by atoms with E-state index in [1.807, 2.05) is 6.92 Å². The Balaban J connectivity index is 1.68. The van der Waals surface area contributed by atoms with Gasteiger partial charge in [0.15, 0.2) is 11.6 Å². The third-order valence-electron chi connectivity index (χ3n) is 10.2. The molecule has 3 saturated carbocycles. The largest absolute Gasteiger partial charge is 0.481 e. The fourth-order valence-electron chi connectivity index (χ4n) is 9.05. The zero-order valence-electron chi connectivity index (χ0n) is 18.6. The Hall–Kier alpha value is -1.71. The summed E-state index contributed by atoms with van der Waals surface area (Å²) in [5.41, 5.74) is 0.277. The Morgan fingerprint density at radius 1 is 1.07 bits per heavy atom. The van der Waals surface area contributed by atoms with Crippen LogP contribution in [0.3, 0.4) is 0 Å². The zero-order valence-corrected chi connectivity index (χ0v) is 18.6. The van der Waals surface area contributed by atoms with E-state index in [-0.39, 0.29) is 52.0 Å². The molecule has 0 radical (unpaired) electrons. The molecule has 0 heterocycles. The molecule has 8 atom stereocenters. The quantitative estimate of drug-likeness (QED) is 0.662. The summed E-state index contributed by atoms with van der Waals surface area (Å²) in [6, 6.07) is 0. The van der Waals surface area contributed by atoms with Crippen molar-refractivity contribution in [3.8, 4) is 0 Å². The van der Waals surface area contributed by atoms with Crippen molar-refractivity contribution < 1.29 is 19.5 Å². The van der Waals surface area contributed by atoms with Gasteiger partial charge in [0.2, 0.25) is 0 Å². The highest BCUT2D eigenvalue weighted by molar-refractivity contribution is 6.08. The van der Waals surface area contributed by atoms with E-state index in [1.165, 1.54) is 17.7 Å². The lowest BCUT2D eigenvalue weighted by atomic mass is 9.33. The van der Waals surface area contributed by atoms with Crippen LogP contribution >= 0.6 is 0 Å². The van der Waals surface area contributed by atoms with Gasteiger partial charge < -0.3 is 5.11 Å². The second-order valence-electron chi connectivity index (χ2n) is 11.6. The third kappa shape index (κ3) is 2.26. The molecule has 0 aliphatic heterocycles. The fourth-order valence-corrected chi connectivity index (χ4v) is 9.05. The van der Waals surface area contributed by atoms with Crippen LogP contribution in [0.15, 0.2) is 23.8 Å². The monoisotopic (exact) mass is 410 g/mol. The number of hydrogen-bond donors (Lipinski definition) is 1. The normalized spacial score (nSPS) is 49.4. The molecular weight excluding hydrogens is 376 g/mol. The van der Waals surface area contributed by atoms with Crippen LogP contribution < -0.4 is 0 Å². The van der Waals surface area contributed by atoms with Gasteiger partial charge in [0.1, 0.15) is 0 Å². The summed E-state index contributed by atoms with van der Waals surface area (Å²) in [4.78, 5) is 38.6. The number of fused-ring (bicyclic) bond motifs is 1. The van der Waals surface area contributed by atoms with Crippen LogP contribution in [0.1, 0.15) is 66.2 Å². The van der Waals surface area contributed by atoms with Crippen molar-refractivity contribution in [3.63, 3.8) is 0 Å². The molecule has 4 heteroatoms. The van der Waals surface area contributed by atoms with Crippen LogP contribution in [0.25, 0.3) is 0 Å². The SMILES string of the molecule is CC(C)C1=C[C@@]23CC[C@@H]4[C@](C)(CCC[C@@]4(C)C(=O)O)[C@@H]2C[C@H]1[C@@H]1C(=O)C=CC(=O)[C@@H]13. The number of aliphatic carboxylic acids is 1. The molecular formula is C26H34O4. The minimum atomic E-state index is -0.693. The third-order valence-corrected chi connectivity index (χ3v) is 10.2. The summed E-state index contributed by atoms with van der Waals surface area (Å²) >= 11 is 0. The van der Waals surface area contributed by atoms with Crippen molar-refractivity contribution in [1.29, 1.82) is 0 Å². The van der Waals surface area contributed by atoms with Crippen LogP contribution in [-0.4, -0.2) is 22.6 Å². The Morgan fingerprint density at radius 2 is 1.77 bits per heavy atom. The van der Waals surface area contributed by atoms with Gasteiger partial charge in [0.25, 0.3) is 0 Å². The number of allylic oxidation sites excluding steroid dienone is 4. The first-order chi connectivity index (χ1) is 14.1. The van der Waals surface area contributed by atoms with Crippen LogP contribution in [0.2, 0.25) is 0 Å². The van der Waals surface area contributed by atoms with Gasteiger partial charge in [-0.3, -0.25) is 14.4 Å². The van der Waals surface area contributed by atoms with Gasteiger partial charge in [-0.2, -0.15) is 0 Å². The summed E-state index contributed by atoms with van der Waals surface area (Å²) in [7, 11) is 0. The van der Waals surface area contributed by atoms with Gasteiger partial charge in [-0.25, -0.2) is 0 Å². The van der Waals surface area contributed by atoms with Crippen molar-refractivity contribution >= 4 is 17.5 Å². The summed E-state index contributed by atoms with van der Waals surface area (Å²) in [5, 5.41) is 10.1. The maximum Gasteiger partial charge on any atom is 0.309 e. The average Bonchev–Trinajstić information content (AvgIpc) is 2.69. The molecule has 162 valence electrons. The molecule has 6 rings (SSSR count). The Morgan fingerprint density at radius 3 is 2.43 bits per heavy atom. The number of carboxylic acid groups (broad SMARTS) is 1. The van der Waals surface area contributed by atoms with Crippen LogP contribution in [0.4, 0.5) is 0 Å². The van der Waals surface area contributed by atoms with E-state index in [2.05, 4.69) is 26.8 Å². The minimum absolute atomic E-state index is 0.101. The second-order valence-corrected chi connectivity index (χ2v) is 11.6. The van der Waals surface area contributed by atoms with Gasteiger partial charge in [-0.1, -0.05) is 38.8 Å². The Bertz CT molecular complexity index is 897. The average molecular weight is 411 g/mol. The molecule has 30 heavy (non-hydrogen) atoms. The van der Waals surface area contributed by atoms with E-state index in [0.29, 0.717) is 5.92 Å². The molecule has 0 aromatic carbocycles. The Labute approximate surface area is 179 Å². The van der Waals surface area contributed by atoms with Crippen LogP contribution in [0, 0.1) is 51.8 Å². The maximum atomic E-state index is 13.2. The molecule has 6 aliphatic carbocycles. The van der Waals surface area contributed by atoms with Crippen LogP contribution in [0.5, 0.6) is 0 Å². The van der Waals surface area contributed by atoms with E-state index in [0.717, 1.165) is 38.5 Å². The maximum absolute atomic E-state index is 13.2. The lowest BCUT2D eigenvalue weighted by Crippen LogP contribution is -2.66. The van der Waals surface area contributed by atoms with E-state index in [4.69, 9.17) is 0 Å². The van der Waals surface area contributed by atoms with Gasteiger partial charge in [-0.05, 0) is 80.3 Å². The number of carboxylic acids is 1. The molecule has 0 aromatic heterocycles.